The molecule has 5 heteroatoms. The van der Waals surface area contributed by atoms with Crippen LogP contribution in [-0.2, 0) is 0 Å². The third-order valence-corrected chi connectivity index (χ3v) is 3.03. The van der Waals surface area contributed by atoms with Crippen molar-refractivity contribution >= 4 is 33.0 Å². The summed E-state index contributed by atoms with van der Waals surface area (Å²) in [6.45, 7) is 0. The third-order valence-electron chi connectivity index (χ3n) is 1.52. The normalized spacial score (nSPS) is 10.4. The number of rotatable bonds is 1. The molecule has 2 aromatic heterocycles. The Morgan fingerprint density at radius 1 is 1.58 bits per heavy atom. The minimum atomic E-state index is 0.681. The predicted octanol–water partition coefficient (Wildman–Crippen LogP) is 2.48. The first-order chi connectivity index (χ1) is 5.77. The van der Waals surface area contributed by atoms with Gasteiger partial charge in [-0.3, -0.25) is 5.10 Å². The van der Waals surface area contributed by atoms with Gasteiger partial charge in [0.15, 0.2) is 0 Å². The van der Waals surface area contributed by atoms with E-state index in [1.165, 1.54) is 0 Å². The van der Waals surface area contributed by atoms with Gasteiger partial charge in [0.2, 0.25) is 0 Å². The van der Waals surface area contributed by atoms with Crippen molar-refractivity contribution in [2.45, 2.75) is 0 Å². The highest BCUT2D eigenvalue weighted by molar-refractivity contribution is 9.11. The molecular formula is C7H6BrN3S. The fourth-order valence-corrected chi connectivity index (χ4v) is 2.12. The zero-order valence-electron chi connectivity index (χ0n) is 6.04. The molecule has 0 saturated carbocycles. The number of nitrogens with one attached hydrogen (secondary N) is 1. The van der Waals surface area contributed by atoms with Crippen LogP contribution >= 0.6 is 27.3 Å². The Morgan fingerprint density at radius 3 is 2.92 bits per heavy atom. The van der Waals surface area contributed by atoms with E-state index in [0.29, 0.717) is 5.69 Å². The summed E-state index contributed by atoms with van der Waals surface area (Å²) in [5, 5.41) is 8.71. The first kappa shape index (κ1) is 7.82. The summed E-state index contributed by atoms with van der Waals surface area (Å²) in [5.41, 5.74) is 8.32. The SMILES string of the molecule is Nc1cn[nH]c1-c1csc(Br)c1. The number of halogens is 1. The molecule has 0 amide bonds. The highest BCUT2D eigenvalue weighted by Crippen LogP contribution is 2.30. The Balaban J connectivity index is 2.50. The second-order valence-corrected chi connectivity index (χ2v) is 4.63. The molecule has 3 N–H and O–H groups in total. The second-order valence-electron chi connectivity index (χ2n) is 2.34. The van der Waals surface area contributed by atoms with Gasteiger partial charge in [-0.05, 0) is 22.0 Å². The molecule has 0 aliphatic heterocycles. The zero-order valence-corrected chi connectivity index (χ0v) is 8.45. The number of nitrogen functional groups attached to an aromatic ring is 1. The van der Waals surface area contributed by atoms with Crippen molar-refractivity contribution in [2.75, 3.05) is 5.73 Å². The minimum absolute atomic E-state index is 0.681. The first-order valence-electron chi connectivity index (χ1n) is 3.30. The Labute approximate surface area is 81.7 Å². The van der Waals surface area contributed by atoms with Crippen molar-refractivity contribution in [1.29, 1.82) is 0 Å². The van der Waals surface area contributed by atoms with E-state index in [2.05, 4.69) is 26.1 Å². The van der Waals surface area contributed by atoms with Crippen molar-refractivity contribution in [3.05, 3.63) is 21.4 Å². The first-order valence-corrected chi connectivity index (χ1v) is 4.98. The Kier molecular flexibility index (Phi) is 1.90. The van der Waals surface area contributed by atoms with E-state index in [1.54, 1.807) is 17.5 Å². The zero-order chi connectivity index (χ0) is 8.55. The van der Waals surface area contributed by atoms with Gasteiger partial charge in [0.05, 0.1) is 21.4 Å². The molecule has 2 heterocycles. The van der Waals surface area contributed by atoms with E-state index < -0.39 is 0 Å². The van der Waals surface area contributed by atoms with Crippen LogP contribution in [-0.4, -0.2) is 10.2 Å². The van der Waals surface area contributed by atoms with Crippen molar-refractivity contribution in [3.8, 4) is 11.3 Å². The number of nitrogens with two attached hydrogens (primary N) is 1. The fraction of sp³-hybridized carbons (Fsp3) is 0. The van der Waals surface area contributed by atoms with Crippen LogP contribution in [0.25, 0.3) is 11.3 Å². The maximum absolute atomic E-state index is 5.68. The standard InChI is InChI=1S/C7H6BrN3S/c8-6-1-4(3-12-6)7-5(9)2-10-11-7/h1-3H,9H2,(H,10,11). The van der Waals surface area contributed by atoms with E-state index in [0.717, 1.165) is 15.0 Å². The number of aromatic amines is 1. The summed E-state index contributed by atoms with van der Waals surface area (Å²) in [6, 6.07) is 2.01. The van der Waals surface area contributed by atoms with Crippen molar-refractivity contribution in [2.24, 2.45) is 0 Å². The van der Waals surface area contributed by atoms with Gasteiger partial charge in [-0.15, -0.1) is 11.3 Å². The molecular weight excluding hydrogens is 238 g/mol. The summed E-state index contributed by atoms with van der Waals surface area (Å²) in [4.78, 5) is 0. The molecule has 12 heavy (non-hydrogen) atoms. The third kappa shape index (κ3) is 1.25. The monoisotopic (exact) mass is 243 g/mol. The van der Waals surface area contributed by atoms with E-state index in [9.17, 15) is 0 Å². The van der Waals surface area contributed by atoms with Crippen LogP contribution in [0.3, 0.4) is 0 Å². The van der Waals surface area contributed by atoms with Crippen LogP contribution in [0.15, 0.2) is 21.4 Å². The number of hydrogen-bond donors (Lipinski definition) is 2. The molecule has 0 bridgehead atoms. The average Bonchev–Trinajstić information content (AvgIpc) is 2.58. The molecule has 0 aromatic carbocycles. The van der Waals surface area contributed by atoms with Gasteiger partial charge in [-0.25, -0.2) is 0 Å². The van der Waals surface area contributed by atoms with Crippen LogP contribution < -0.4 is 5.73 Å². The van der Waals surface area contributed by atoms with Crippen LogP contribution in [0.1, 0.15) is 0 Å². The molecule has 0 fully saturated rings. The molecule has 0 saturated heterocycles. The molecule has 0 aliphatic rings. The highest BCUT2D eigenvalue weighted by atomic mass is 79.9. The molecule has 2 aromatic rings. The number of hydrogen-bond acceptors (Lipinski definition) is 3. The lowest BCUT2D eigenvalue weighted by atomic mass is 10.2. The molecule has 0 aliphatic carbocycles. The number of anilines is 1. The number of thiophene rings is 1. The largest absolute Gasteiger partial charge is 0.396 e. The molecule has 3 nitrogen and oxygen atoms in total. The van der Waals surface area contributed by atoms with E-state index in [-0.39, 0.29) is 0 Å². The number of nitrogens with zero attached hydrogens (tertiary/aromatic N) is 1. The molecule has 2 rings (SSSR count). The van der Waals surface area contributed by atoms with Gasteiger partial charge in [-0.2, -0.15) is 5.10 Å². The summed E-state index contributed by atoms with van der Waals surface area (Å²) < 4.78 is 1.09. The van der Waals surface area contributed by atoms with Gasteiger partial charge in [0, 0.05) is 10.9 Å². The quantitative estimate of drug-likeness (QED) is 0.809. The van der Waals surface area contributed by atoms with E-state index in [1.807, 2.05) is 11.4 Å². The lowest BCUT2D eigenvalue weighted by molar-refractivity contribution is 1.10. The van der Waals surface area contributed by atoms with Gasteiger partial charge < -0.3 is 5.73 Å². The summed E-state index contributed by atoms with van der Waals surface area (Å²) in [5.74, 6) is 0. The number of H-pyrrole nitrogens is 1. The average molecular weight is 244 g/mol. The van der Waals surface area contributed by atoms with Crippen LogP contribution in [0.2, 0.25) is 0 Å². The maximum Gasteiger partial charge on any atom is 0.0888 e. The summed E-state index contributed by atoms with van der Waals surface area (Å²) >= 11 is 5.01. The van der Waals surface area contributed by atoms with Crippen LogP contribution in [0.4, 0.5) is 5.69 Å². The molecule has 0 spiro atoms. The Hall–Kier alpha value is -0.810. The fourth-order valence-electron chi connectivity index (χ4n) is 0.968. The topological polar surface area (TPSA) is 54.7 Å². The molecule has 62 valence electrons. The van der Waals surface area contributed by atoms with Crippen LogP contribution in [0, 0.1) is 0 Å². The maximum atomic E-state index is 5.68. The molecule has 0 radical (unpaired) electrons. The van der Waals surface area contributed by atoms with Crippen molar-refractivity contribution < 1.29 is 0 Å². The second kappa shape index (κ2) is 2.91. The lowest BCUT2D eigenvalue weighted by Gasteiger charge is -1.91. The van der Waals surface area contributed by atoms with Crippen LogP contribution in [0.5, 0.6) is 0 Å². The van der Waals surface area contributed by atoms with Gasteiger partial charge in [0.1, 0.15) is 0 Å². The smallest absolute Gasteiger partial charge is 0.0888 e. The summed E-state index contributed by atoms with van der Waals surface area (Å²) in [7, 11) is 0. The Morgan fingerprint density at radius 2 is 2.42 bits per heavy atom. The minimum Gasteiger partial charge on any atom is -0.396 e. The van der Waals surface area contributed by atoms with Gasteiger partial charge in [-0.1, -0.05) is 0 Å². The number of aromatic nitrogens is 2. The van der Waals surface area contributed by atoms with Gasteiger partial charge >= 0.3 is 0 Å². The Bertz CT molecular complexity index is 393. The highest BCUT2D eigenvalue weighted by Gasteiger charge is 2.05. The van der Waals surface area contributed by atoms with Crippen molar-refractivity contribution in [3.63, 3.8) is 0 Å². The lowest BCUT2D eigenvalue weighted by Crippen LogP contribution is -1.84. The van der Waals surface area contributed by atoms with E-state index >= 15 is 0 Å². The predicted molar refractivity (Wildman–Crippen MR) is 54.0 cm³/mol. The summed E-state index contributed by atoms with van der Waals surface area (Å²) in [6.07, 6.45) is 1.61. The van der Waals surface area contributed by atoms with Crippen molar-refractivity contribution in [1.82, 2.24) is 10.2 Å². The molecule has 0 atom stereocenters. The molecule has 0 unspecified atom stereocenters. The van der Waals surface area contributed by atoms with Gasteiger partial charge in [0.25, 0.3) is 0 Å². The van der Waals surface area contributed by atoms with E-state index in [4.69, 9.17) is 5.73 Å².